The van der Waals surface area contributed by atoms with E-state index in [1.807, 2.05) is 0 Å². The molecule has 4 nitrogen and oxygen atoms in total. The molecule has 0 aromatic heterocycles. The molecule has 0 amide bonds. The molecule has 76 valence electrons. The fourth-order valence-electron chi connectivity index (χ4n) is 0.825. The van der Waals surface area contributed by atoms with Crippen molar-refractivity contribution in [2.24, 2.45) is 0 Å². The first-order valence-electron chi connectivity index (χ1n) is 3.45. The van der Waals surface area contributed by atoms with Gasteiger partial charge in [0, 0.05) is 12.1 Å². The van der Waals surface area contributed by atoms with E-state index in [4.69, 9.17) is 0 Å². The Balaban J connectivity index is 3.06. The number of alkyl halides is 2. The lowest BCUT2D eigenvalue weighted by Crippen LogP contribution is -2.02. The molecule has 1 aromatic carbocycles. The van der Waals surface area contributed by atoms with Crippen molar-refractivity contribution in [3.05, 3.63) is 34.4 Å². The molecule has 0 aliphatic carbocycles. The third-order valence-electron chi connectivity index (χ3n) is 1.42. The zero-order chi connectivity index (χ0) is 10.7. The van der Waals surface area contributed by atoms with E-state index in [1.165, 1.54) is 6.07 Å². The number of rotatable bonds is 3. The van der Waals surface area contributed by atoms with Crippen LogP contribution in [-0.2, 0) is 10.8 Å². The lowest BCUT2D eigenvalue weighted by molar-refractivity contribution is -0.385. The fourth-order valence-corrected chi connectivity index (χ4v) is 1.48. The summed E-state index contributed by atoms with van der Waals surface area (Å²) in [6, 6.07) is 4.40. The minimum atomic E-state index is -3.03. The molecule has 7 heteroatoms. The van der Waals surface area contributed by atoms with Crippen LogP contribution in [0.1, 0.15) is 0 Å². The molecule has 0 unspecified atom stereocenters. The highest BCUT2D eigenvalue weighted by molar-refractivity contribution is 7.85. The van der Waals surface area contributed by atoms with Gasteiger partial charge in [-0.05, 0) is 6.07 Å². The van der Waals surface area contributed by atoms with Gasteiger partial charge < -0.3 is 0 Å². The molecule has 0 saturated heterocycles. The summed E-state index contributed by atoms with van der Waals surface area (Å²) < 4.78 is 34.8. The van der Waals surface area contributed by atoms with E-state index in [1.54, 1.807) is 0 Å². The second kappa shape index (κ2) is 4.23. The van der Waals surface area contributed by atoms with Crippen LogP contribution in [0, 0.1) is 10.1 Å². The largest absolute Gasteiger partial charge is 0.316 e. The molecule has 0 saturated carbocycles. The van der Waals surface area contributed by atoms with Crippen molar-refractivity contribution in [3.63, 3.8) is 0 Å². The highest BCUT2D eigenvalue weighted by atomic mass is 32.2. The van der Waals surface area contributed by atoms with Crippen molar-refractivity contribution in [1.82, 2.24) is 0 Å². The van der Waals surface area contributed by atoms with Crippen LogP contribution < -0.4 is 0 Å². The van der Waals surface area contributed by atoms with Crippen LogP contribution in [0.5, 0.6) is 0 Å². The van der Waals surface area contributed by atoms with Gasteiger partial charge in [0.05, 0.1) is 9.82 Å². The van der Waals surface area contributed by atoms with Gasteiger partial charge >= 0.3 is 5.76 Å². The molecule has 0 aliphatic heterocycles. The number of nitrogens with zero attached hydrogens (tertiary/aromatic N) is 1. The first kappa shape index (κ1) is 10.7. The Kier molecular flexibility index (Phi) is 3.23. The first-order chi connectivity index (χ1) is 6.52. The predicted octanol–water partition coefficient (Wildman–Crippen LogP) is 1.92. The van der Waals surface area contributed by atoms with Crippen molar-refractivity contribution in [2.45, 2.75) is 10.7 Å². The summed E-state index contributed by atoms with van der Waals surface area (Å²) in [5, 5.41) is 10.3. The highest BCUT2D eigenvalue weighted by Crippen LogP contribution is 2.19. The van der Waals surface area contributed by atoms with Gasteiger partial charge in [-0.1, -0.05) is 6.07 Å². The summed E-state index contributed by atoms with van der Waals surface area (Å²) in [6.07, 6.45) is 0. The number of nitro groups is 1. The molecule has 1 aromatic rings. The SMILES string of the molecule is O=[N+]([O-])c1cccc([S@](=O)C(F)F)c1. The summed E-state index contributed by atoms with van der Waals surface area (Å²) in [6.45, 7) is 0. The summed E-state index contributed by atoms with van der Waals surface area (Å²) in [4.78, 5) is 9.29. The van der Waals surface area contributed by atoms with Crippen LogP contribution in [0.3, 0.4) is 0 Å². The van der Waals surface area contributed by atoms with E-state index in [9.17, 15) is 23.1 Å². The van der Waals surface area contributed by atoms with E-state index in [2.05, 4.69) is 0 Å². The van der Waals surface area contributed by atoms with Gasteiger partial charge in [-0.25, -0.2) is 4.21 Å². The predicted molar refractivity (Wildman–Crippen MR) is 45.5 cm³/mol. The number of benzene rings is 1. The summed E-state index contributed by atoms with van der Waals surface area (Å²) >= 11 is 0. The second-order valence-electron chi connectivity index (χ2n) is 2.31. The molecule has 0 bridgehead atoms. The van der Waals surface area contributed by atoms with E-state index < -0.39 is 21.5 Å². The molecular formula is C7H5F2NO3S. The highest BCUT2D eigenvalue weighted by Gasteiger charge is 2.17. The molecule has 0 N–H and O–H groups in total. The summed E-state index contributed by atoms with van der Waals surface area (Å²) in [5.74, 6) is -3.03. The maximum Gasteiger partial charge on any atom is 0.316 e. The van der Waals surface area contributed by atoms with Crippen molar-refractivity contribution in [3.8, 4) is 0 Å². The van der Waals surface area contributed by atoms with Crippen LogP contribution in [0.25, 0.3) is 0 Å². The molecule has 0 spiro atoms. The minimum absolute atomic E-state index is 0.241. The smallest absolute Gasteiger partial charge is 0.258 e. The Morgan fingerprint density at radius 1 is 1.43 bits per heavy atom. The van der Waals surface area contributed by atoms with Crippen LogP contribution in [-0.4, -0.2) is 14.9 Å². The van der Waals surface area contributed by atoms with Crippen LogP contribution in [0.15, 0.2) is 29.2 Å². The monoisotopic (exact) mass is 221 g/mol. The van der Waals surface area contributed by atoms with Gasteiger partial charge in [0.15, 0.2) is 0 Å². The van der Waals surface area contributed by atoms with Crippen molar-refractivity contribution < 1.29 is 17.9 Å². The van der Waals surface area contributed by atoms with E-state index in [0.717, 1.165) is 18.2 Å². The van der Waals surface area contributed by atoms with Crippen molar-refractivity contribution in [1.29, 1.82) is 0 Å². The zero-order valence-corrected chi connectivity index (χ0v) is 7.54. The van der Waals surface area contributed by atoms with Crippen LogP contribution in [0.2, 0.25) is 0 Å². The van der Waals surface area contributed by atoms with Crippen molar-refractivity contribution >= 4 is 16.5 Å². The summed E-state index contributed by atoms with van der Waals surface area (Å²) in [7, 11) is -2.50. The molecule has 1 atom stereocenters. The number of halogens is 2. The molecular weight excluding hydrogens is 216 g/mol. The second-order valence-corrected chi connectivity index (χ2v) is 3.74. The number of nitro benzene ring substituents is 1. The van der Waals surface area contributed by atoms with Gasteiger partial charge in [0.2, 0.25) is 0 Å². The quantitative estimate of drug-likeness (QED) is 0.578. The maximum absolute atomic E-state index is 12.0. The van der Waals surface area contributed by atoms with Gasteiger partial charge in [-0.15, -0.1) is 0 Å². The average molecular weight is 221 g/mol. The standard InChI is InChI=1S/C7H5F2NO3S/c8-7(9)14(13)6-3-1-2-5(4-6)10(11)12/h1-4,7H/t14-/m0/s1. The molecule has 1 rings (SSSR count). The number of hydrogen-bond acceptors (Lipinski definition) is 3. The van der Waals surface area contributed by atoms with E-state index >= 15 is 0 Å². The van der Waals surface area contributed by atoms with Crippen molar-refractivity contribution in [2.75, 3.05) is 0 Å². The molecule has 0 fully saturated rings. The lowest BCUT2D eigenvalue weighted by atomic mass is 10.3. The van der Waals surface area contributed by atoms with Crippen LogP contribution in [0.4, 0.5) is 14.5 Å². The fraction of sp³-hybridized carbons (Fsp3) is 0.143. The maximum atomic E-state index is 12.0. The number of non-ortho nitro benzene ring substituents is 1. The Morgan fingerprint density at radius 2 is 2.07 bits per heavy atom. The molecule has 0 heterocycles. The summed E-state index contributed by atoms with van der Waals surface area (Å²) in [5.41, 5.74) is -0.350. The van der Waals surface area contributed by atoms with Gasteiger partial charge in [-0.3, -0.25) is 10.1 Å². The van der Waals surface area contributed by atoms with Gasteiger partial charge in [0.1, 0.15) is 10.8 Å². The third-order valence-corrected chi connectivity index (χ3v) is 2.46. The van der Waals surface area contributed by atoms with E-state index in [0.29, 0.717) is 0 Å². The topological polar surface area (TPSA) is 60.2 Å². The van der Waals surface area contributed by atoms with Gasteiger partial charge in [0.25, 0.3) is 5.69 Å². The first-order valence-corrected chi connectivity index (χ1v) is 4.67. The zero-order valence-electron chi connectivity index (χ0n) is 6.72. The van der Waals surface area contributed by atoms with Gasteiger partial charge in [-0.2, -0.15) is 8.78 Å². The Morgan fingerprint density at radius 3 is 2.57 bits per heavy atom. The Labute approximate surface area is 80.2 Å². The Bertz CT molecular complexity index is 383. The third kappa shape index (κ3) is 2.32. The minimum Gasteiger partial charge on any atom is -0.258 e. The number of hydrogen-bond donors (Lipinski definition) is 0. The Hall–Kier alpha value is -1.37. The van der Waals surface area contributed by atoms with Crippen LogP contribution >= 0.6 is 0 Å². The molecule has 14 heavy (non-hydrogen) atoms. The average Bonchev–Trinajstić information content (AvgIpc) is 2.16. The normalized spacial score (nSPS) is 12.8. The van der Waals surface area contributed by atoms with E-state index in [-0.39, 0.29) is 10.6 Å². The molecule has 0 radical (unpaired) electrons. The lowest BCUT2D eigenvalue weighted by Gasteiger charge is -1.99. The molecule has 0 aliphatic rings.